The number of aromatic carboxylic acids is 1. The molecule has 0 spiro atoms. The molecule has 5 heteroatoms. The maximum atomic E-state index is 10.7. The van der Waals surface area contributed by atoms with Gasteiger partial charge in [-0.2, -0.15) is 0 Å². The van der Waals surface area contributed by atoms with Crippen LogP contribution < -0.4 is 5.56 Å². The lowest BCUT2D eigenvalue weighted by Gasteiger charge is -1.94. The van der Waals surface area contributed by atoms with Gasteiger partial charge in [0.15, 0.2) is 0 Å². The van der Waals surface area contributed by atoms with Crippen LogP contribution in [0.15, 0.2) is 23.1 Å². The van der Waals surface area contributed by atoms with Gasteiger partial charge in [0.1, 0.15) is 0 Å². The predicted octanol–water partition coefficient (Wildman–Crippen LogP) is 0.705. The molecular weight excluding hydrogens is 214 g/mol. The summed E-state index contributed by atoms with van der Waals surface area (Å²) >= 11 is 2.86. The maximum absolute atomic E-state index is 10.7. The molecule has 0 aliphatic carbocycles. The van der Waals surface area contributed by atoms with Gasteiger partial charge in [-0.3, -0.25) is 4.79 Å². The number of halogens is 1. The molecule has 0 bridgehead atoms. The standard InChI is InChI=1S/C6H4BrNO3/c7-8-3-4(6(10)11)1-2-5(8)9/h1-3H,(H,10,11). The summed E-state index contributed by atoms with van der Waals surface area (Å²) in [6, 6.07) is 2.43. The second-order valence-electron chi connectivity index (χ2n) is 1.87. The van der Waals surface area contributed by atoms with Crippen LogP contribution in [0, 0.1) is 0 Å². The van der Waals surface area contributed by atoms with Crippen LogP contribution in [0.3, 0.4) is 0 Å². The lowest BCUT2D eigenvalue weighted by atomic mass is 10.3. The minimum atomic E-state index is -1.06. The Morgan fingerprint density at radius 2 is 2.18 bits per heavy atom. The molecule has 0 saturated carbocycles. The van der Waals surface area contributed by atoms with E-state index >= 15 is 0 Å². The fourth-order valence-electron chi connectivity index (χ4n) is 0.588. The first-order valence-electron chi connectivity index (χ1n) is 2.73. The first kappa shape index (κ1) is 8.00. The summed E-state index contributed by atoms with van der Waals surface area (Å²) in [7, 11) is 0. The maximum Gasteiger partial charge on any atom is 0.337 e. The van der Waals surface area contributed by atoms with Crippen LogP contribution in [0.4, 0.5) is 0 Å². The zero-order chi connectivity index (χ0) is 8.43. The first-order valence-corrected chi connectivity index (χ1v) is 3.44. The van der Waals surface area contributed by atoms with Crippen molar-refractivity contribution >= 4 is 22.1 Å². The van der Waals surface area contributed by atoms with E-state index in [1.165, 1.54) is 18.3 Å². The van der Waals surface area contributed by atoms with Crippen LogP contribution in [0.2, 0.25) is 0 Å². The van der Waals surface area contributed by atoms with Gasteiger partial charge in [0.05, 0.1) is 21.7 Å². The fraction of sp³-hybridized carbons (Fsp3) is 0. The summed E-state index contributed by atoms with van der Waals surface area (Å²) < 4.78 is 1.04. The summed E-state index contributed by atoms with van der Waals surface area (Å²) in [5, 5.41) is 8.46. The Morgan fingerprint density at radius 1 is 1.55 bits per heavy atom. The van der Waals surface area contributed by atoms with Crippen molar-refractivity contribution in [2.45, 2.75) is 0 Å². The quantitative estimate of drug-likeness (QED) is 0.754. The minimum Gasteiger partial charge on any atom is -0.478 e. The lowest BCUT2D eigenvalue weighted by molar-refractivity contribution is 0.0696. The molecule has 0 amide bonds. The summed E-state index contributed by atoms with van der Waals surface area (Å²) in [6.07, 6.45) is 1.20. The van der Waals surface area contributed by atoms with Crippen LogP contribution in [0.5, 0.6) is 0 Å². The Hall–Kier alpha value is -1.10. The van der Waals surface area contributed by atoms with E-state index in [0.29, 0.717) is 0 Å². The van der Waals surface area contributed by atoms with Crippen molar-refractivity contribution in [3.63, 3.8) is 0 Å². The molecule has 0 atom stereocenters. The smallest absolute Gasteiger partial charge is 0.337 e. The van der Waals surface area contributed by atoms with Crippen molar-refractivity contribution in [2.75, 3.05) is 0 Å². The van der Waals surface area contributed by atoms with Crippen molar-refractivity contribution in [3.8, 4) is 0 Å². The highest BCUT2D eigenvalue weighted by Gasteiger charge is 2.02. The summed E-state index contributed by atoms with van der Waals surface area (Å²) in [5.41, 5.74) is -0.225. The van der Waals surface area contributed by atoms with Gasteiger partial charge in [0.25, 0.3) is 5.56 Å². The molecule has 1 N–H and O–H groups in total. The van der Waals surface area contributed by atoms with Gasteiger partial charge < -0.3 is 5.11 Å². The Kier molecular flexibility index (Phi) is 2.09. The van der Waals surface area contributed by atoms with E-state index in [0.717, 1.165) is 3.59 Å². The number of pyridine rings is 1. The van der Waals surface area contributed by atoms with E-state index in [1.54, 1.807) is 0 Å². The number of carboxylic acid groups (broad SMARTS) is 1. The molecule has 58 valence electrons. The number of nitrogens with zero attached hydrogens (tertiary/aromatic N) is 1. The number of carboxylic acids is 1. The number of carbonyl (C=O) groups is 1. The third-order valence-electron chi connectivity index (χ3n) is 1.12. The first-order chi connectivity index (χ1) is 5.11. The second kappa shape index (κ2) is 2.87. The summed E-state index contributed by atoms with van der Waals surface area (Å²) in [6.45, 7) is 0. The molecule has 1 heterocycles. The van der Waals surface area contributed by atoms with E-state index in [1.807, 2.05) is 0 Å². The summed E-state index contributed by atoms with van der Waals surface area (Å²) in [4.78, 5) is 21.0. The van der Waals surface area contributed by atoms with Gasteiger partial charge in [-0.15, -0.1) is 0 Å². The van der Waals surface area contributed by atoms with Gasteiger partial charge >= 0.3 is 5.97 Å². The zero-order valence-corrected chi connectivity index (χ0v) is 6.91. The molecule has 0 fully saturated rings. The Bertz CT molecular complexity index is 344. The minimum absolute atomic E-state index is 0.0708. The highest BCUT2D eigenvalue weighted by molar-refractivity contribution is 9.08. The van der Waals surface area contributed by atoms with Crippen LogP contribution in [0.25, 0.3) is 0 Å². The zero-order valence-electron chi connectivity index (χ0n) is 5.32. The molecule has 0 aliphatic rings. The number of aromatic nitrogens is 1. The average molecular weight is 218 g/mol. The van der Waals surface area contributed by atoms with Crippen LogP contribution in [0.1, 0.15) is 10.4 Å². The average Bonchev–Trinajstić information content (AvgIpc) is 1.94. The number of rotatable bonds is 1. The Balaban J connectivity index is 3.26. The highest BCUT2D eigenvalue weighted by atomic mass is 79.9. The van der Waals surface area contributed by atoms with Gasteiger partial charge in [0, 0.05) is 12.3 Å². The molecule has 1 rings (SSSR count). The van der Waals surface area contributed by atoms with Crippen molar-refractivity contribution < 1.29 is 9.90 Å². The normalized spacial score (nSPS) is 9.55. The molecule has 0 aliphatic heterocycles. The van der Waals surface area contributed by atoms with Crippen molar-refractivity contribution in [1.29, 1.82) is 0 Å². The molecule has 4 nitrogen and oxygen atoms in total. The molecule has 0 unspecified atom stereocenters. The van der Waals surface area contributed by atoms with Gasteiger partial charge in [-0.1, -0.05) is 0 Å². The molecule has 0 aromatic carbocycles. The van der Waals surface area contributed by atoms with Gasteiger partial charge in [-0.05, 0) is 6.07 Å². The molecule has 1 aromatic heterocycles. The van der Waals surface area contributed by atoms with Crippen molar-refractivity contribution in [2.24, 2.45) is 0 Å². The molecule has 0 saturated heterocycles. The Labute approximate surface area is 70.4 Å². The third-order valence-corrected chi connectivity index (χ3v) is 1.67. The monoisotopic (exact) mass is 217 g/mol. The van der Waals surface area contributed by atoms with Gasteiger partial charge in [-0.25, -0.2) is 8.39 Å². The van der Waals surface area contributed by atoms with Crippen molar-refractivity contribution in [3.05, 3.63) is 34.2 Å². The van der Waals surface area contributed by atoms with E-state index < -0.39 is 5.97 Å². The SMILES string of the molecule is O=C(O)c1ccc(=O)n(Br)c1. The van der Waals surface area contributed by atoms with Crippen LogP contribution in [-0.4, -0.2) is 14.7 Å². The third kappa shape index (κ3) is 1.68. The van der Waals surface area contributed by atoms with Crippen molar-refractivity contribution in [1.82, 2.24) is 3.59 Å². The van der Waals surface area contributed by atoms with Gasteiger partial charge in [0.2, 0.25) is 0 Å². The van der Waals surface area contributed by atoms with E-state index in [2.05, 4.69) is 16.1 Å². The van der Waals surface area contributed by atoms with Crippen LogP contribution >= 0.6 is 16.1 Å². The topological polar surface area (TPSA) is 59.3 Å². The van der Waals surface area contributed by atoms with E-state index in [9.17, 15) is 9.59 Å². The molecule has 0 radical (unpaired) electrons. The second-order valence-corrected chi connectivity index (χ2v) is 2.64. The molecular formula is C6H4BrNO3. The molecule has 1 aromatic rings. The fourth-order valence-corrected chi connectivity index (χ4v) is 0.926. The largest absolute Gasteiger partial charge is 0.478 e. The molecule has 11 heavy (non-hydrogen) atoms. The number of hydrogen-bond acceptors (Lipinski definition) is 2. The van der Waals surface area contributed by atoms with Crippen LogP contribution in [-0.2, 0) is 0 Å². The highest BCUT2D eigenvalue weighted by Crippen LogP contribution is 1.96. The number of hydrogen-bond donors (Lipinski definition) is 1. The van der Waals surface area contributed by atoms with E-state index in [4.69, 9.17) is 5.11 Å². The summed E-state index contributed by atoms with van der Waals surface area (Å²) in [5.74, 6) is -1.06. The lowest BCUT2D eigenvalue weighted by Crippen LogP contribution is -2.12. The predicted molar refractivity (Wildman–Crippen MR) is 42.0 cm³/mol. The Morgan fingerprint density at radius 3 is 2.64 bits per heavy atom. The van der Waals surface area contributed by atoms with E-state index in [-0.39, 0.29) is 11.1 Å².